The summed E-state index contributed by atoms with van der Waals surface area (Å²) in [5.74, 6) is 0. The van der Waals surface area contributed by atoms with Crippen molar-refractivity contribution < 1.29 is 4.42 Å². The van der Waals surface area contributed by atoms with E-state index in [1.54, 1.807) is 18.5 Å². The first-order chi connectivity index (χ1) is 10.6. The normalized spacial score (nSPS) is 10.4. The number of thiocarbonyl (C=S) groups is 1. The molecule has 0 fully saturated rings. The van der Waals surface area contributed by atoms with Crippen molar-refractivity contribution in [2.45, 2.75) is 6.92 Å². The largest absolute Gasteiger partial charge is 0.423 e. The third-order valence-corrected chi connectivity index (χ3v) is 3.35. The number of benzene rings is 1. The summed E-state index contributed by atoms with van der Waals surface area (Å²) in [6.45, 7) is 1.88. The minimum absolute atomic E-state index is 0.361. The van der Waals surface area contributed by atoms with Gasteiger partial charge in [0.15, 0.2) is 5.11 Å². The van der Waals surface area contributed by atoms with Crippen LogP contribution in [0.4, 0.5) is 11.4 Å². The summed E-state index contributed by atoms with van der Waals surface area (Å²) in [5.41, 5.74) is 2.64. The van der Waals surface area contributed by atoms with Crippen molar-refractivity contribution in [1.29, 1.82) is 0 Å². The molecule has 0 aliphatic carbocycles. The SMILES string of the molecule is Cc1cc(=O)oc2cc(NC(=S)Nc3ccncc3)ccc12. The Bertz CT molecular complexity index is 891. The Balaban J connectivity index is 1.82. The number of nitrogens with zero attached hydrogens (tertiary/aromatic N) is 1. The zero-order chi connectivity index (χ0) is 15.5. The molecule has 0 saturated heterocycles. The summed E-state index contributed by atoms with van der Waals surface area (Å²) in [6, 6.07) is 10.6. The molecule has 110 valence electrons. The maximum atomic E-state index is 11.4. The predicted molar refractivity (Wildman–Crippen MR) is 91.3 cm³/mol. The maximum absolute atomic E-state index is 11.4. The second-order valence-corrected chi connectivity index (χ2v) is 5.18. The van der Waals surface area contributed by atoms with Crippen molar-refractivity contribution in [2.75, 3.05) is 10.6 Å². The van der Waals surface area contributed by atoms with E-state index in [1.165, 1.54) is 6.07 Å². The smallest absolute Gasteiger partial charge is 0.336 e. The Morgan fingerprint density at radius 1 is 1.09 bits per heavy atom. The highest BCUT2D eigenvalue weighted by molar-refractivity contribution is 7.80. The van der Waals surface area contributed by atoms with Crippen LogP contribution in [0.25, 0.3) is 11.0 Å². The first kappa shape index (κ1) is 14.2. The van der Waals surface area contributed by atoms with Gasteiger partial charge in [0.2, 0.25) is 0 Å². The lowest BCUT2D eigenvalue weighted by molar-refractivity contribution is 0.560. The Hall–Kier alpha value is -2.73. The Labute approximate surface area is 132 Å². The number of aryl methyl sites for hydroxylation is 1. The molecular weight excluding hydrogens is 298 g/mol. The molecule has 0 spiro atoms. The van der Waals surface area contributed by atoms with Gasteiger partial charge < -0.3 is 15.1 Å². The second-order valence-electron chi connectivity index (χ2n) is 4.77. The maximum Gasteiger partial charge on any atom is 0.336 e. The number of aromatic nitrogens is 1. The molecule has 2 heterocycles. The molecule has 0 aliphatic rings. The third kappa shape index (κ3) is 3.12. The van der Waals surface area contributed by atoms with Gasteiger partial charge in [-0.05, 0) is 49.0 Å². The van der Waals surface area contributed by atoms with Gasteiger partial charge in [0.05, 0.1) is 0 Å². The average molecular weight is 311 g/mol. The molecular formula is C16H13N3O2S. The van der Waals surface area contributed by atoms with Gasteiger partial charge in [0.25, 0.3) is 0 Å². The van der Waals surface area contributed by atoms with E-state index in [1.807, 2.05) is 31.2 Å². The highest BCUT2D eigenvalue weighted by Gasteiger charge is 2.05. The van der Waals surface area contributed by atoms with Crippen molar-refractivity contribution >= 4 is 39.7 Å². The molecule has 0 atom stereocenters. The topological polar surface area (TPSA) is 67.2 Å². The minimum Gasteiger partial charge on any atom is -0.423 e. The van der Waals surface area contributed by atoms with Gasteiger partial charge in [-0.1, -0.05) is 0 Å². The summed E-state index contributed by atoms with van der Waals surface area (Å²) in [7, 11) is 0. The average Bonchev–Trinajstić information content (AvgIpc) is 2.47. The standard InChI is InChI=1S/C16H13N3O2S/c1-10-8-15(20)21-14-9-12(2-3-13(10)14)19-16(22)18-11-4-6-17-7-5-11/h2-9H,1H3,(H2,17,18,19,22). The predicted octanol–water partition coefficient (Wildman–Crippen LogP) is 3.31. The van der Waals surface area contributed by atoms with Gasteiger partial charge >= 0.3 is 5.63 Å². The van der Waals surface area contributed by atoms with E-state index in [2.05, 4.69) is 15.6 Å². The van der Waals surface area contributed by atoms with Crippen LogP contribution >= 0.6 is 12.2 Å². The fourth-order valence-electron chi connectivity index (χ4n) is 2.13. The van der Waals surface area contributed by atoms with E-state index in [-0.39, 0.29) is 5.63 Å². The van der Waals surface area contributed by atoms with E-state index < -0.39 is 0 Å². The molecule has 0 bridgehead atoms. The molecule has 5 nitrogen and oxygen atoms in total. The monoisotopic (exact) mass is 311 g/mol. The molecule has 6 heteroatoms. The van der Waals surface area contributed by atoms with Gasteiger partial charge in [-0.2, -0.15) is 0 Å². The number of hydrogen-bond donors (Lipinski definition) is 2. The second kappa shape index (κ2) is 5.95. The van der Waals surface area contributed by atoms with E-state index in [4.69, 9.17) is 16.6 Å². The first-order valence-electron chi connectivity index (χ1n) is 6.64. The zero-order valence-electron chi connectivity index (χ0n) is 11.8. The van der Waals surface area contributed by atoms with Crippen LogP contribution in [0.15, 0.2) is 58.0 Å². The van der Waals surface area contributed by atoms with Crippen LogP contribution in [0.3, 0.4) is 0 Å². The molecule has 0 unspecified atom stereocenters. The van der Waals surface area contributed by atoms with Gasteiger partial charge in [0, 0.05) is 41.3 Å². The molecule has 0 amide bonds. The molecule has 22 heavy (non-hydrogen) atoms. The van der Waals surface area contributed by atoms with Crippen LogP contribution in [0.5, 0.6) is 0 Å². The molecule has 0 saturated carbocycles. The fraction of sp³-hybridized carbons (Fsp3) is 0.0625. The Kier molecular flexibility index (Phi) is 3.84. The molecule has 2 aromatic heterocycles. The van der Waals surface area contributed by atoms with E-state index in [0.717, 1.165) is 22.3 Å². The molecule has 3 aromatic rings. The van der Waals surface area contributed by atoms with Crippen LogP contribution < -0.4 is 16.3 Å². The summed E-state index contributed by atoms with van der Waals surface area (Å²) < 4.78 is 5.22. The van der Waals surface area contributed by atoms with Crippen LogP contribution in [0.2, 0.25) is 0 Å². The van der Waals surface area contributed by atoms with Gasteiger partial charge in [0.1, 0.15) is 5.58 Å². The number of rotatable bonds is 2. The number of nitrogens with one attached hydrogen (secondary N) is 2. The minimum atomic E-state index is -0.361. The molecule has 2 N–H and O–H groups in total. The van der Waals surface area contributed by atoms with Crippen LogP contribution in [-0.2, 0) is 0 Å². The van der Waals surface area contributed by atoms with E-state index in [9.17, 15) is 4.79 Å². The van der Waals surface area contributed by atoms with Crippen molar-refractivity contribution in [3.8, 4) is 0 Å². The van der Waals surface area contributed by atoms with Gasteiger partial charge in [-0.25, -0.2) is 4.79 Å². The van der Waals surface area contributed by atoms with E-state index >= 15 is 0 Å². The first-order valence-corrected chi connectivity index (χ1v) is 7.05. The van der Waals surface area contributed by atoms with Crippen molar-refractivity contribution in [2.24, 2.45) is 0 Å². The van der Waals surface area contributed by atoms with Crippen LogP contribution in [0.1, 0.15) is 5.56 Å². The van der Waals surface area contributed by atoms with Crippen LogP contribution in [0, 0.1) is 6.92 Å². The van der Waals surface area contributed by atoms with Crippen molar-refractivity contribution in [3.63, 3.8) is 0 Å². The molecule has 0 radical (unpaired) electrons. The van der Waals surface area contributed by atoms with Gasteiger partial charge in [-0.15, -0.1) is 0 Å². The lowest BCUT2D eigenvalue weighted by Gasteiger charge is -2.11. The lowest BCUT2D eigenvalue weighted by Crippen LogP contribution is -2.19. The quantitative estimate of drug-likeness (QED) is 0.559. The fourth-order valence-corrected chi connectivity index (χ4v) is 2.37. The van der Waals surface area contributed by atoms with Crippen LogP contribution in [-0.4, -0.2) is 10.1 Å². The number of hydrogen-bond acceptors (Lipinski definition) is 4. The highest BCUT2D eigenvalue weighted by atomic mass is 32.1. The summed E-state index contributed by atoms with van der Waals surface area (Å²) in [4.78, 5) is 15.4. The summed E-state index contributed by atoms with van der Waals surface area (Å²) in [6.07, 6.45) is 3.36. The van der Waals surface area contributed by atoms with Crippen molar-refractivity contribution in [3.05, 3.63) is 64.8 Å². The Morgan fingerprint density at radius 2 is 1.82 bits per heavy atom. The number of pyridine rings is 1. The highest BCUT2D eigenvalue weighted by Crippen LogP contribution is 2.20. The number of fused-ring (bicyclic) bond motifs is 1. The number of anilines is 2. The molecule has 1 aromatic carbocycles. The summed E-state index contributed by atoms with van der Waals surface area (Å²) in [5, 5.41) is 7.45. The molecule has 0 aliphatic heterocycles. The Morgan fingerprint density at radius 3 is 2.59 bits per heavy atom. The van der Waals surface area contributed by atoms with E-state index in [0.29, 0.717) is 10.7 Å². The summed E-state index contributed by atoms with van der Waals surface area (Å²) >= 11 is 5.26. The van der Waals surface area contributed by atoms with Crippen molar-refractivity contribution in [1.82, 2.24) is 4.98 Å². The van der Waals surface area contributed by atoms with Gasteiger partial charge in [-0.3, -0.25) is 4.98 Å². The third-order valence-electron chi connectivity index (χ3n) is 3.15. The molecule has 3 rings (SSSR count). The lowest BCUT2D eigenvalue weighted by atomic mass is 10.1. The zero-order valence-corrected chi connectivity index (χ0v) is 12.6.